The van der Waals surface area contributed by atoms with Gasteiger partial charge in [-0.2, -0.15) is 0 Å². The Hall–Kier alpha value is -5.86. The Kier molecular flexibility index (Phi) is 12.4. The topological polar surface area (TPSA) is 24.1 Å². The van der Waals surface area contributed by atoms with Crippen LogP contribution in [0.1, 0.15) is 132 Å². The van der Waals surface area contributed by atoms with E-state index in [4.69, 9.17) is 0 Å². The molecular weight excluding hydrogens is 773 g/mol. The van der Waals surface area contributed by atoms with E-state index in [0.717, 1.165) is 33.9 Å². The van der Waals surface area contributed by atoms with Gasteiger partial charge in [0, 0.05) is 33.9 Å². The maximum atomic E-state index is 3.98. The first-order valence-corrected chi connectivity index (χ1v) is 23.2. The number of hydrogen-bond acceptors (Lipinski definition) is 2. The summed E-state index contributed by atoms with van der Waals surface area (Å²) in [6.07, 6.45) is 0. The van der Waals surface area contributed by atoms with Gasteiger partial charge < -0.3 is 10.6 Å². The van der Waals surface area contributed by atoms with E-state index in [0.29, 0.717) is 0 Å². The molecule has 0 heterocycles. The fourth-order valence-corrected chi connectivity index (χ4v) is 8.30. The SMILES string of the molecule is CC(C)(C)c1ccc(-c2ccc(-c3ccc(C(C)(C)C)cc3)c(Nc3cc(Nc4cc(-c5ccc(C(C)(C)C)cc5)ccc4-c4ccc(C(C)(C)C)cc4)cc(C(C)(C)C)c3)c2)cc1. The molecule has 0 aromatic heterocycles. The van der Waals surface area contributed by atoms with Crippen LogP contribution in [0, 0.1) is 0 Å². The standard InChI is InChI=1S/C62H72N2/c1-58(2,3)47-26-16-41(17-27-47)45-24-34-54(43-20-30-49(31-21-43)60(7,8)9)56(36-45)63-52-38-51(62(13,14)15)39-53(40-52)64-57-37-46(42-18-28-48(29-19-42)59(4,5)6)25-35-55(57)44-22-32-50(33-23-44)61(10,11)12/h16-40,63-64H,1-15H3. The van der Waals surface area contributed by atoms with Gasteiger partial charge in [0.1, 0.15) is 0 Å². The summed E-state index contributed by atoms with van der Waals surface area (Å²) >= 11 is 0. The van der Waals surface area contributed by atoms with Crippen molar-refractivity contribution in [2.75, 3.05) is 10.6 Å². The predicted molar refractivity (Wildman–Crippen MR) is 281 cm³/mol. The zero-order chi connectivity index (χ0) is 46.4. The minimum atomic E-state index is -0.0986. The van der Waals surface area contributed by atoms with Gasteiger partial charge in [-0.3, -0.25) is 0 Å². The maximum absolute atomic E-state index is 3.98. The average molecular weight is 845 g/mol. The van der Waals surface area contributed by atoms with Gasteiger partial charge in [0.05, 0.1) is 0 Å². The first kappa shape index (κ1) is 46.1. The van der Waals surface area contributed by atoms with Crippen molar-refractivity contribution < 1.29 is 0 Å². The third-order valence-corrected chi connectivity index (χ3v) is 12.7. The smallest absolute Gasteiger partial charge is 0.0470 e. The van der Waals surface area contributed by atoms with E-state index in [9.17, 15) is 0 Å². The molecule has 0 aliphatic rings. The Bertz CT molecular complexity index is 2530. The van der Waals surface area contributed by atoms with E-state index < -0.39 is 0 Å². The van der Waals surface area contributed by atoms with E-state index >= 15 is 0 Å². The molecular formula is C62H72N2. The molecule has 7 aromatic carbocycles. The normalized spacial score (nSPS) is 12.6. The second kappa shape index (κ2) is 17.3. The van der Waals surface area contributed by atoms with Crippen LogP contribution in [0.2, 0.25) is 0 Å². The van der Waals surface area contributed by atoms with Crippen LogP contribution in [0.25, 0.3) is 44.5 Å². The van der Waals surface area contributed by atoms with Gasteiger partial charge in [-0.05, 0) is 119 Å². The molecule has 0 saturated heterocycles. The summed E-state index contributed by atoms with van der Waals surface area (Å²) in [5.41, 5.74) is 20.5. The number of benzene rings is 7. The highest BCUT2D eigenvalue weighted by atomic mass is 14.9. The lowest BCUT2D eigenvalue weighted by atomic mass is 9.85. The van der Waals surface area contributed by atoms with Crippen molar-refractivity contribution in [3.8, 4) is 44.5 Å². The van der Waals surface area contributed by atoms with E-state index in [2.05, 4.69) is 266 Å². The van der Waals surface area contributed by atoms with Crippen molar-refractivity contribution in [1.82, 2.24) is 0 Å². The molecule has 0 saturated carbocycles. The van der Waals surface area contributed by atoms with Crippen LogP contribution in [0.3, 0.4) is 0 Å². The Labute approximate surface area is 386 Å². The highest BCUT2D eigenvalue weighted by Crippen LogP contribution is 2.41. The van der Waals surface area contributed by atoms with Crippen LogP contribution in [-0.2, 0) is 27.1 Å². The molecule has 2 nitrogen and oxygen atoms in total. The van der Waals surface area contributed by atoms with E-state index in [1.165, 1.54) is 61.2 Å². The number of nitrogens with one attached hydrogen (secondary N) is 2. The van der Waals surface area contributed by atoms with E-state index in [-0.39, 0.29) is 27.1 Å². The van der Waals surface area contributed by atoms with Crippen LogP contribution >= 0.6 is 0 Å². The van der Waals surface area contributed by atoms with Crippen molar-refractivity contribution in [2.45, 2.75) is 131 Å². The summed E-state index contributed by atoms with van der Waals surface area (Å²) in [7, 11) is 0. The number of hydrogen-bond donors (Lipinski definition) is 2. The van der Waals surface area contributed by atoms with Crippen LogP contribution in [0.5, 0.6) is 0 Å². The quantitative estimate of drug-likeness (QED) is 0.159. The van der Waals surface area contributed by atoms with Crippen molar-refractivity contribution in [2.24, 2.45) is 0 Å². The van der Waals surface area contributed by atoms with Gasteiger partial charge in [-0.1, -0.05) is 225 Å². The lowest BCUT2D eigenvalue weighted by Crippen LogP contribution is -2.12. The molecule has 0 aliphatic carbocycles. The molecule has 0 amide bonds. The third-order valence-electron chi connectivity index (χ3n) is 12.7. The van der Waals surface area contributed by atoms with Gasteiger partial charge in [-0.25, -0.2) is 0 Å². The Morgan fingerprint density at radius 3 is 0.750 bits per heavy atom. The first-order chi connectivity index (χ1) is 29.8. The molecule has 0 bridgehead atoms. The summed E-state index contributed by atoms with van der Waals surface area (Å²) < 4.78 is 0. The molecule has 0 aliphatic heterocycles. The summed E-state index contributed by atoms with van der Waals surface area (Å²) in [4.78, 5) is 0. The van der Waals surface area contributed by atoms with E-state index in [1.54, 1.807) is 0 Å². The predicted octanol–water partition coefficient (Wildman–Crippen LogP) is 18.3. The second-order valence-corrected chi connectivity index (χ2v) is 23.1. The molecule has 64 heavy (non-hydrogen) atoms. The van der Waals surface area contributed by atoms with Gasteiger partial charge in [0.25, 0.3) is 0 Å². The molecule has 0 spiro atoms. The fourth-order valence-electron chi connectivity index (χ4n) is 8.30. The summed E-state index contributed by atoms with van der Waals surface area (Å²) in [6.45, 7) is 34.1. The van der Waals surface area contributed by atoms with Gasteiger partial charge >= 0.3 is 0 Å². The molecule has 0 atom stereocenters. The fraction of sp³-hybridized carbons (Fsp3) is 0.323. The van der Waals surface area contributed by atoms with Crippen molar-refractivity contribution in [3.63, 3.8) is 0 Å². The molecule has 330 valence electrons. The molecule has 7 aromatic rings. The zero-order valence-electron chi connectivity index (χ0n) is 41.4. The molecule has 2 heteroatoms. The van der Waals surface area contributed by atoms with Gasteiger partial charge in [0.2, 0.25) is 0 Å². The molecule has 0 fully saturated rings. The maximum Gasteiger partial charge on any atom is 0.0470 e. The minimum Gasteiger partial charge on any atom is -0.355 e. The molecule has 2 N–H and O–H groups in total. The summed E-state index contributed by atoms with van der Waals surface area (Å²) in [5.74, 6) is 0. The number of anilines is 4. The van der Waals surface area contributed by atoms with E-state index in [1.807, 2.05) is 0 Å². The highest BCUT2D eigenvalue weighted by Gasteiger charge is 2.21. The first-order valence-electron chi connectivity index (χ1n) is 23.2. The largest absolute Gasteiger partial charge is 0.355 e. The number of rotatable bonds is 8. The van der Waals surface area contributed by atoms with Crippen molar-refractivity contribution in [3.05, 3.63) is 179 Å². The lowest BCUT2D eigenvalue weighted by molar-refractivity contribution is 0.590. The van der Waals surface area contributed by atoms with Crippen molar-refractivity contribution >= 4 is 22.7 Å². The Morgan fingerprint density at radius 2 is 0.484 bits per heavy atom. The van der Waals surface area contributed by atoms with Crippen LogP contribution in [-0.4, -0.2) is 0 Å². The second-order valence-electron chi connectivity index (χ2n) is 23.1. The monoisotopic (exact) mass is 845 g/mol. The highest BCUT2D eigenvalue weighted by molar-refractivity contribution is 5.88. The molecule has 0 unspecified atom stereocenters. The minimum absolute atomic E-state index is 0.0750. The van der Waals surface area contributed by atoms with Gasteiger partial charge in [0.15, 0.2) is 0 Å². The molecule has 7 rings (SSSR count). The lowest BCUT2D eigenvalue weighted by Gasteiger charge is -2.24. The zero-order valence-corrected chi connectivity index (χ0v) is 41.4. The Balaban J connectivity index is 1.34. The van der Waals surface area contributed by atoms with Gasteiger partial charge in [-0.15, -0.1) is 0 Å². The Morgan fingerprint density at radius 1 is 0.234 bits per heavy atom. The average Bonchev–Trinajstić information content (AvgIpc) is 3.22. The van der Waals surface area contributed by atoms with Crippen LogP contribution in [0.4, 0.5) is 22.7 Å². The van der Waals surface area contributed by atoms with Crippen LogP contribution in [0.15, 0.2) is 152 Å². The van der Waals surface area contributed by atoms with Crippen molar-refractivity contribution in [1.29, 1.82) is 0 Å². The third kappa shape index (κ3) is 10.7. The van der Waals surface area contributed by atoms with Crippen LogP contribution < -0.4 is 10.6 Å². The summed E-state index contributed by atoms with van der Waals surface area (Å²) in [6, 6.07) is 57.0. The summed E-state index contributed by atoms with van der Waals surface area (Å²) in [5, 5.41) is 7.96. The molecule has 0 radical (unpaired) electrons.